The van der Waals surface area contributed by atoms with E-state index in [-0.39, 0.29) is 37.7 Å². The molecular formula is C16H19N3O4. The van der Waals surface area contributed by atoms with Crippen LogP contribution in [-0.2, 0) is 0 Å². The molecule has 2 aromatic carbocycles. The smallest absolute Gasteiger partial charge is 0.302 e. The first-order valence-electron chi connectivity index (χ1n) is 7.19. The van der Waals surface area contributed by atoms with Gasteiger partial charge in [-0.05, 0) is 17.7 Å². The number of rotatable bonds is 7. The average Bonchev–Trinajstić information content (AvgIpc) is 2.55. The predicted molar refractivity (Wildman–Crippen MR) is 89.3 cm³/mol. The third-order valence-electron chi connectivity index (χ3n) is 3.54. The molecule has 122 valence electrons. The third kappa shape index (κ3) is 3.58. The Bertz CT molecular complexity index is 671. The summed E-state index contributed by atoms with van der Waals surface area (Å²) in [6.07, 6.45) is 0. The lowest BCUT2D eigenvalue weighted by Crippen LogP contribution is -2.30. The highest BCUT2D eigenvalue weighted by molar-refractivity contribution is 5.88. The second-order valence-electron chi connectivity index (χ2n) is 4.95. The number of nitro benzene ring substituents is 1. The van der Waals surface area contributed by atoms with Gasteiger partial charge in [0.05, 0.1) is 29.4 Å². The molecule has 0 saturated heterocycles. The molecule has 0 heterocycles. The molecule has 0 aliphatic carbocycles. The van der Waals surface area contributed by atoms with Crippen LogP contribution in [-0.4, -0.2) is 41.4 Å². The number of nitrogen functional groups attached to an aromatic ring is 1. The van der Waals surface area contributed by atoms with Crippen molar-refractivity contribution in [2.75, 3.05) is 36.9 Å². The Hall–Kier alpha value is -2.64. The van der Waals surface area contributed by atoms with E-state index in [1.807, 2.05) is 6.07 Å². The molecule has 7 nitrogen and oxygen atoms in total. The minimum absolute atomic E-state index is 0.0262. The van der Waals surface area contributed by atoms with Crippen LogP contribution >= 0.6 is 0 Å². The largest absolute Gasteiger partial charge is 0.395 e. The first-order valence-corrected chi connectivity index (χ1v) is 7.19. The van der Waals surface area contributed by atoms with Gasteiger partial charge in [0.2, 0.25) is 0 Å². The summed E-state index contributed by atoms with van der Waals surface area (Å²) in [5, 5.41) is 29.8. The Labute approximate surface area is 133 Å². The normalized spacial score (nSPS) is 10.5. The molecule has 0 radical (unpaired) electrons. The van der Waals surface area contributed by atoms with Crippen molar-refractivity contribution >= 4 is 17.1 Å². The van der Waals surface area contributed by atoms with Gasteiger partial charge in [-0.25, -0.2) is 0 Å². The van der Waals surface area contributed by atoms with Gasteiger partial charge in [0.15, 0.2) is 0 Å². The zero-order valence-corrected chi connectivity index (χ0v) is 12.6. The van der Waals surface area contributed by atoms with Gasteiger partial charge >= 0.3 is 5.69 Å². The SMILES string of the molecule is Nc1c(N(CCO)CCO)ccc(-c2ccccc2)c1[N+](=O)[O-]. The first-order chi connectivity index (χ1) is 11.1. The van der Waals surface area contributed by atoms with Gasteiger partial charge in [-0.3, -0.25) is 10.1 Å². The highest BCUT2D eigenvalue weighted by atomic mass is 16.6. The quantitative estimate of drug-likeness (QED) is 0.406. The lowest BCUT2D eigenvalue weighted by Gasteiger charge is -2.24. The maximum absolute atomic E-state index is 11.5. The van der Waals surface area contributed by atoms with Gasteiger partial charge in [0.25, 0.3) is 0 Å². The summed E-state index contributed by atoms with van der Waals surface area (Å²) in [5.74, 6) is 0. The van der Waals surface area contributed by atoms with Crippen LogP contribution < -0.4 is 10.6 Å². The molecule has 2 rings (SSSR count). The molecule has 4 N–H and O–H groups in total. The number of hydrogen-bond acceptors (Lipinski definition) is 6. The van der Waals surface area contributed by atoms with Crippen molar-refractivity contribution in [3.63, 3.8) is 0 Å². The van der Waals surface area contributed by atoms with Gasteiger partial charge in [-0.15, -0.1) is 0 Å². The second-order valence-corrected chi connectivity index (χ2v) is 4.95. The van der Waals surface area contributed by atoms with Crippen LogP contribution in [0.3, 0.4) is 0 Å². The van der Waals surface area contributed by atoms with Crippen molar-refractivity contribution in [1.29, 1.82) is 0 Å². The number of nitro groups is 1. The van der Waals surface area contributed by atoms with Gasteiger partial charge in [0, 0.05) is 13.1 Å². The van der Waals surface area contributed by atoms with E-state index in [4.69, 9.17) is 15.9 Å². The molecule has 0 saturated carbocycles. The summed E-state index contributed by atoms with van der Waals surface area (Å²) in [7, 11) is 0. The first kappa shape index (κ1) is 16.7. The molecule has 0 aliphatic rings. The van der Waals surface area contributed by atoms with Crippen LogP contribution in [0.5, 0.6) is 0 Å². The van der Waals surface area contributed by atoms with E-state index in [0.717, 1.165) is 0 Å². The highest BCUT2D eigenvalue weighted by Crippen LogP contribution is 2.40. The van der Waals surface area contributed by atoms with Gasteiger partial charge < -0.3 is 20.8 Å². The summed E-state index contributed by atoms with van der Waals surface area (Å²) in [6, 6.07) is 12.3. The molecule has 0 amide bonds. The maximum Gasteiger partial charge on any atom is 0.302 e. The fraction of sp³-hybridized carbons (Fsp3) is 0.250. The lowest BCUT2D eigenvalue weighted by molar-refractivity contribution is -0.383. The number of nitrogens with two attached hydrogens (primary N) is 1. The standard InChI is InChI=1S/C16H19N3O4/c17-15-14(18(8-10-20)9-11-21)7-6-13(16(15)19(22)23)12-4-2-1-3-5-12/h1-7,20-21H,8-11,17H2. The van der Waals surface area contributed by atoms with Crippen molar-refractivity contribution < 1.29 is 15.1 Å². The minimum Gasteiger partial charge on any atom is -0.395 e. The van der Waals surface area contributed by atoms with Crippen molar-refractivity contribution in [2.45, 2.75) is 0 Å². The minimum atomic E-state index is -0.503. The summed E-state index contributed by atoms with van der Waals surface area (Å²) in [4.78, 5) is 12.6. The molecule has 23 heavy (non-hydrogen) atoms. The highest BCUT2D eigenvalue weighted by Gasteiger charge is 2.24. The molecule has 0 bridgehead atoms. The van der Waals surface area contributed by atoms with E-state index in [0.29, 0.717) is 16.8 Å². The number of nitrogens with zero attached hydrogens (tertiary/aromatic N) is 2. The molecule has 0 aromatic heterocycles. The monoisotopic (exact) mass is 317 g/mol. The molecule has 0 spiro atoms. The van der Waals surface area contributed by atoms with Crippen LogP contribution in [0.25, 0.3) is 11.1 Å². The number of hydrogen-bond donors (Lipinski definition) is 3. The van der Waals surface area contributed by atoms with Crippen molar-refractivity contribution in [3.8, 4) is 11.1 Å². The van der Waals surface area contributed by atoms with E-state index < -0.39 is 4.92 Å². The summed E-state index contributed by atoms with van der Waals surface area (Å²) >= 11 is 0. The lowest BCUT2D eigenvalue weighted by atomic mass is 10.0. The van der Waals surface area contributed by atoms with Gasteiger partial charge in [-0.1, -0.05) is 30.3 Å². The van der Waals surface area contributed by atoms with E-state index in [9.17, 15) is 10.1 Å². The maximum atomic E-state index is 11.5. The predicted octanol–water partition coefficient (Wildman–Crippen LogP) is 1.64. The van der Waals surface area contributed by atoms with Gasteiger partial charge in [-0.2, -0.15) is 0 Å². The molecule has 7 heteroatoms. The van der Waals surface area contributed by atoms with Crippen LogP contribution in [0.4, 0.5) is 17.1 Å². The summed E-state index contributed by atoms with van der Waals surface area (Å²) in [5.41, 5.74) is 7.46. The number of aliphatic hydroxyl groups is 2. The number of aliphatic hydroxyl groups excluding tert-OH is 2. The molecule has 0 fully saturated rings. The van der Waals surface area contributed by atoms with E-state index >= 15 is 0 Å². The summed E-state index contributed by atoms with van der Waals surface area (Å²) in [6.45, 7) is 0.167. The topological polar surface area (TPSA) is 113 Å². The van der Waals surface area contributed by atoms with Crippen molar-refractivity contribution in [2.24, 2.45) is 0 Å². The Morgan fingerprint density at radius 3 is 2.17 bits per heavy atom. The Morgan fingerprint density at radius 2 is 1.65 bits per heavy atom. The van der Waals surface area contributed by atoms with E-state index in [1.54, 1.807) is 41.3 Å². The number of anilines is 2. The molecule has 0 aliphatic heterocycles. The van der Waals surface area contributed by atoms with Crippen LogP contribution in [0.15, 0.2) is 42.5 Å². The zero-order valence-electron chi connectivity index (χ0n) is 12.6. The molecule has 0 atom stereocenters. The Morgan fingerprint density at radius 1 is 1.04 bits per heavy atom. The second kappa shape index (κ2) is 7.57. The summed E-state index contributed by atoms with van der Waals surface area (Å²) < 4.78 is 0. The fourth-order valence-electron chi connectivity index (χ4n) is 2.51. The van der Waals surface area contributed by atoms with Crippen molar-refractivity contribution in [3.05, 3.63) is 52.6 Å². The number of benzene rings is 2. The van der Waals surface area contributed by atoms with E-state index in [2.05, 4.69) is 0 Å². The van der Waals surface area contributed by atoms with Crippen LogP contribution in [0, 0.1) is 10.1 Å². The Balaban J connectivity index is 2.57. The fourth-order valence-corrected chi connectivity index (χ4v) is 2.51. The van der Waals surface area contributed by atoms with Crippen LogP contribution in [0.2, 0.25) is 0 Å². The average molecular weight is 317 g/mol. The molecule has 2 aromatic rings. The third-order valence-corrected chi connectivity index (χ3v) is 3.54. The Kier molecular flexibility index (Phi) is 5.51. The van der Waals surface area contributed by atoms with Crippen molar-refractivity contribution in [1.82, 2.24) is 0 Å². The molecular weight excluding hydrogens is 298 g/mol. The van der Waals surface area contributed by atoms with Crippen LogP contribution in [0.1, 0.15) is 0 Å². The zero-order chi connectivity index (χ0) is 16.8. The van der Waals surface area contributed by atoms with E-state index in [1.165, 1.54) is 0 Å². The molecule has 0 unspecified atom stereocenters. The van der Waals surface area contributed by atoms with Gasteiger partial charge in [0.1, 0.15) is 5.69 Å².